The Labute approximate surface area is 157 Å². The largest absolute Gasteiger partial charge is 0.338 e. The first-order valence-corrected chi connectivity index (χ1v) is 9.70. The van der Waals surface area contributed by atoms with Crippen LogP contribution in [0.2, 0.25) is 0 Å². The van der Waals surface area contributed by atoms with Crippen molar-refractivity contribution in [1.29, 1.82) is 0 Å². The topological polar surface area (TPSA) is 84.0 Å². The number of anilines is 3. The van der Waals surface area contributed by atoms with Gasteiger partial charge in [-0.3, -0.25) is 4.72 Å². The molecule has 0 atom stereocenters. The number of para-hydroxylation sites is 1. The van der Waals surface area contributed by atoms with E-state index in [0.717, 1.165) is 28.9 Å². The van der Waals surface area contributed by atoms with Crippen molar-refractivity contribution < 1.29 is 12.8 Å². The van der Waals surface area contributed by atoms with Gasteiger partial charge in [0.25, 0.3) is 10.0 Å². The summed E-state index contributed by atoms with van der Waals surface area (Å²) < 4.78 is 40.5. The SMILES string of the molecule is Cc1cc(F)ccc1S(=O)(=O)Nc1ccc(Nc2c(C)cccc2C)nn1. The maximum atomic E-state index is 13.2. The van der Waals surface area contributed by atoms with E-state index in [-0.39, 0.29) is 10.7 Å². The van der Waals surface area contributed by atoms with Crippen molar-refractivity contribution >= 4 is 27.3 Å². The Bertz CT molecular complexity index is 1060. The lowest BCUT2D eigenvalue weighted by Crippen LogP contribution is -2.15. The zero-order chi connectivity index (χ0) is 19.6. The van der Waals surface area contributed by atoms with Gasteiger partial charge < -0.3 is 5.32 Å². The summed E-state index contributed by atoms with van der Waals surface area (Å²) in [5.41, 5.74) is 3.37. The molecule has 140 valence electrons. The van der Waals surface area contributed by atoms with Gasteiger partial charge in [-0.1, -0.05) is 18.2 Å². The molecule has 0 spiro atoms. The Balaban J connectivity index is 1.79. The fourth-order valence-corrected chi connectivity index (χ4v) is 3.92. The van der Waals surface area contributed by atoms with E-state index in [1.165, 1.54) is 19.1 Å². The number of nitrogens with one attached hydrogen (secondary N) is 2. The summed E-state index contributed by atoms with van der Waals surface area (Å²) in [4.78, 5) is -0.0107. The van der Waals surface area contributed by atoms with Crippen LogP contribution in [0, 0.1) is 26.6 Å². The predicted octanol–water partition coefficient (Wildman–Crippen LogP) is 4.09. The predicted molar refractivity (Wildman–Crippen MR) is 103 cm³/mol. The molecule has 1 heterocycles. The summed E-state index contributed by atoms with van der Waals surface area (Å²) in [5, 5.41) is 11.1. The highest BCUT2D eigenvalue weighted by Crippen LogP contribution is 2.24. The fourth-order valence-electron chi connectivity index (χ4n) is 2.70. The first kappa shape index (κ1) is 18.8. The highest BCUT2D eigenvalue weighted by molar-refractivity contribution is 7.92. The molecule has 8 heteroatoms. The normalized spacial score (nSPS) is 11.3. The Hall–Kier alpha value is -3.00. The number of hydrogen-bond acceptors (Lipinski definition) is 5. The number of hydrogen-bond donors (Lipinski definition) is 2. The third-order valence-corrected chi connectivity index (χ3v) is 5.58. The quantitative estimate of drug-likeness (QED) is 0.690. The molecule has 27 heavy (non-hydrogen) atoms. The molecular weight excluding hydrogens is 367 g/mol. The van der Waals surface area contributed by atoms with Gasteiger partial charge in [-0.15, -0.1) is 10.2 Å². The van der Waals surface area contributed by atoms with Gasteiger partial charge in [-0.25, -0.2) is 12.8 Å². The van der Waals surface area contributed by atoms with Crippen molar-refractivity contribution in [2.45, 2.75) is 25.7 Å². The highest BCUT2D eigenvalue weighted by atomic mass is 32.2. The van der Waals surface area contributed by atoms with Crippen molar-refractivity contribution in [3.05, 3.63) is 71.0 Å². The second-order valence-corrected chi connectivity index (χ2v) is 7.86. The number of benzene rings is 2. The molecule has 0 aliphatic carbocycles. The van der Waals surface area contributed by atoms with Gasteiger partial charge in [0, 0.05) is 5.69 Å². The Morgan fingerprint density at radius 2 is 1.48 bits per heavy atom. The van der Waals surface area contributed by atoms with Crippen LogP contribution in [0.3, 0.4) is 0 Å². The molecule has 2 N–H and O–H groups in total. The van der Waals surface area contributed by atoms with Gasteiger partial charge in [-0.2, -0.15) is 0 Å². The first-order chi connectivity index (χ1) is 12.8. The van der Waals surface area contributed by atoms with Crippen LogP contribution in [0.15, 0.2) is 53.4 Å². The van der Waals surface area contributed by atoms with Gasteiger partial charge in [-0.05, 0) is 67.8 Å². The minimum atomic E-state index is -3.89. The molecular formula is C19H19FN4O2S. The Kier molecular flexibility index (Phi) is 5.09. The van der Waals surface area contributed by atoms with Gasteiger partial charge in [0.15, 0.2) is 11.6 Å². The van der Waals surface area contributed by atoms with Gasteiger partial charge in [0.2, 0.25) is 0 Å². The van der Waals surface area contributed by atoms with E-state index < -0.39 is 15.8 Å². The number of aryl methyl sites for hydroxylation is 3. The van der Waals surface area contributed by atoms with E-state index in [1.54, 1.807) is 6.07 Å². The number of sulfonamides is 1. The maximum absolute atomic E-state index is 13.2. The summed E-state index contributed by atoms with van der Waals surface area (Å²) in [7, 11) is -3.89. The van der Waals surface area contributed by atoms with Crippen LogP contribution in [-0.4, -0.2) is 18.6 Å². The number of halogens is 1. The van der Waals surface area contributed by atoms with Crippen LogP contribution in [0.5, 0.6) is 0 Å². The third-order valence-electron chi connectivity index (χ3n) is 4.06. The van der Waals surface area contributed by atoms with E-state index in [2.05, 4.69) is 20.2 Å². The van der Waals surface area contributed by atoms with E-state index >= 15 is 0 Å². The van der Waals surface area contributed by atoms with E-state index in [4.69, 9.17) is 0 Å². The van der Waals surface area contributed by atoms with Crippen molar-refractivity contribution in [1.82, 2.24) is 10.2 Å². The summed E-state index contributed by atoms with van der Waals surface area (Å²) in [6, 6.07) is 12.6. The molecule has 0 radical (unpaired) electrons. The number of aromatic nitrogens is 2. The van der Waals surface area contributed by atoms with Crippen molar-refractivity contribution in [3.63, 3.8) is 0 Å². The van der Waals surface area contributed by atoms with E-state index in [9.17, 15) is 12.8 Å². The first-order valence-electron chi connectivity index (χ1n) is 8.22. The highest BCUT2D eigenvalue weighted by Gasteiger charge is 2.18. The number of rotatable bonds is 5. The molecule has 0 saturated heterocycles. The Morgan fingerprint density at radius 3 is 2.07 bits per heavy atom. The van der Waals surface area contributed by atoms with Crippen molar-refractivity contribution in [3.8, 4) is 0 Å². The summed E-state index contributed by atoms with van der Waals surface area (Å²) in [6.45, 7) is 5.49. The monoisotopic (exact) mass is 386 g/mol. The summed E-state index contributed by atoms with van der Waals surface area (Å²) in [6.07, 6.45) is 0. The molecule has 2 aromatic carbocycles. The van der Waals surface area contributed by atoms with Crippen LogP contribution < -0.4 is 10.0 Å². The molecule has 6 nitrogen and oxygen atoms in total. The molecule has 0 amide bonds. The van der Waals surface area contributed by atoms with E-state index in [1.807, 2.05) is 32.0 Å². The second-order valence-electron chi connectivity index (χ2n) is 6.21. The van der Waals surface area contributed by atoms with E-state index in [0.29, 0.717) is 11.4 Å². The fraction of sp³-hybridized carbons (Fsp3) is 0.158. The average Bonchev–Trinajstić information content (AvgIpc) is 2.59. The molecule has 3 aromatic rings. The van der Waals surface area contributed by atoms with Gasteiger partial charge >= 0.3 is 0 Å². The Morgan fingerprint density at radius 1 is 0.852 bits per heavy atom. The lowest BCUT2D eigenvalue weighted by molar-refractivity contribution is 0.598. The van der Waals surface area contributed by atoms with Crippen molar-refractivity contribution in [2.75, 3.05) is 10.0 Å². The lowest BCUT2D eigenvalue weighted by Gasteiger charge is -2.12. The molecule has 0 unspecified atom stereocenters. The molecule has 3 rings (SSSR count). The zero-order valence-electron chi connectivity index (χ0n) is 15.1. The maximum Gasteiger partial charge on any atom is 0.263 e. The minimum Gasteiger partial charge on any atom is -0.338 e. The van der Waals surface area contributed by atoms with Crippen LogP contribution in [0.4, 0.5) is 21.7 Å². The van der Waals surface area contributed by atoms with Crippen LogP contribution in [-0.2, 0) is 10.0 Å². The lowest BCUT2D eigenvalue weighted by atomic mass is 10.1. The average molecular weight is 386 g/mol. The van der Waals surface area contributed by atoms with Crippen LogP contribution >= 0.6 is 0 Å². The molecule has 0 fully saturated rings. The third kappa shape index (κ3) is 4.22. The summed E-state index contributed by atoms with van der Waals surface area (Å²) >= 11 is 0. The minimum absolute atomic E-state index is 0.0107. The van der Waals surface area contributed by atoms with Crippen molar-refractivity contribution in [2.24, 2.45) is 0 Å². The second kappa shape index (κ2) is 7.32. The zero-order valence-corrected chi connectivity index (χ0v) is 15.9. The van der Waals surface area contributed by atoms with Crippen LogP contribution in [0.1, 0.15) is 16.7 Å². The number of nitrogens with zero attached hydrogens (tertiary/aromatic N) is 2. The molecule has 0 bridgehead atoms. The molecule has 0 saturated carbocycles. The van der Waals surface area contributed by atoms with Crippen LogP contribution in [0.25, 0.3) is 0 Å². The smallest absolute Gasteiger partial charge is 0.263 e. The molecule has 0 aliphatic heterocycles. The van der Waals surface area contributed by atoms with Gasteiger partial charge in [0.05, 0.1) is 4.90 Å². The molecule has 1 aromatic heterocycles. The van der Waals surface area contributed by atoms with Gasteiger partial charge in [0.1, 0.15) is 5.82 Å². The molecule has 0 aliphatic rings. The standard InChI is InChI=1S/C19H19FN4O2S/c1-12-5-4-6-13(2)19(12)21-17-9-10-18(23-22-17)24-27(25,26)16-8-7-15(20)11-14(16)3/h4-11H,1-3H3,(H,21,22)(H,23,24). The summed E-state index contributed by atoms with van der Waals surface area (Å²) in [5.74, 6) is 0.0762.